The van der Waals surface area contributed by atoms with Crippen molar-refractivity contribution < 1.29 is 4.74 Å². The normalized spacial score (nSPS) is 10.5. The molecule has 0 saturated heterocycles. The highest BCUT2D eigenvalue weighted by atomic mass is 79.9. The van der Waals surface area contributed by atoms with Crippen molar-refractivity contribution in [2.75, 3.05) is 7.11 Å². The first-order chi connectivity index (χ1) is 7.61. The average molecular weight is 298 g/mol. The van der Waals surface area contributed by atoms with Crippen LogP contribution in [0.5, 0.6) is 5.75 Å². The van der Waals surface area contributed by atoms with Crippen LogP contribution in [0.15, 0.2) is 22.1 Å². The molecule has 0 saturated carbocycles. The Balaban J connectivity index is 2.59. The lowest BCUT2D eigenvalue weighted by molar-refractivity contribution is 0.416. The summed E-state index contributed by atoms with van der Waals surface area (Å²) in [7, 11) is 1.69. The van der Waals surface area contributed by atoms with Gasteiger partial charge in [-0.3, -0.25) is 0 Å². The van der Waals surface area contributed by atoms with Gasteiger partial charge in [0.2, 0.25) is 0 Å². The molecule has 0 unspecified atom stereocenters. The Hall–Kier alpha value is -0.870. The van der Waals surface area contributed by atoms with Crippen molar-refractivity contribution in [3.05, 3.63) is 33.2 Å². The molecular formula is C12H12BrNOS. The number of benzene rings is 1. The molecule has 0 bridgehead atoms. The van der Waals surface area contributed by atoms with Crippen LogP contribution in [0.3, 0.4) is 0 Å². The number of ether oxygens (including phenoxy) is 1. The van der Waals surface area contributed by atoms with E-state index in [2.05, 4.69) is 46.9 Å². The third-order valence-corrected chi connectivity index (χ3v) is 4.11. The maximum absolute atomic E-state index is 5.40. The van der Waals surface area contributed by atoms with E-state index in [0.29, 0.717) is 0 Å². The molecule has 0 aliphatic rings. The standard InChI is InChI=1S/C12H12BrNOS/c1-7-4-9(10(15-3)5-8(7)2)12-14-11(13)6-16-12/h4-6H,1-3H3. The highest BCUT2D eigenvalue weighted by Crippen LogP contribution is 2.35. The number of thiazole rings is 1. The topological polar surface area (TPSA) is 22.1 Å². The second-order valence-electron chi connectivity index (χ2n) is 3.61. The average Bonchev–Trinajstić information content (AvgIpc) is 2.68. The summed E-state index contributed by atoms with van der Waals surface area (Å²) in [6.07, 6.45) is 0. The maximum atomic E-state index is 5.40. The molecule has 16 heavy (non-hydrogen) atoms. The number of halogens is 1. The van der Waals surface area contributed by atoms with Gasteiger partial charge in [0, 0.05) is 5.38 Å². The zero-order chi connectivity index (χ0) is 11.7. The lowest BCUT2D eigenvalue weighted by Crippen LogP contribution is -1.91. The molecule has 2 aromatic rings. The predicted molar refractivity (Wildman–Crippen MR) is 71.3 cm³/mol. The quantitative estimate of drug-likeness (QED) is 0.829. The van der Waals surface area contributed by atoms with Crippen molar-refractivity contribution in [2.45, 2.75) is 13.8 Å². The van der Waals surface area contributed by atoms with Gasteiger partial charge in [-0.15, -0.1) is 11.3 Å². The summed E-state index contributed by atoms with van der Waals surface area (Å²) < 4.78 is 6.26. The monoisotopic (exact) mass is 297 g/mol. The minimum absolute atomic E-state index is 0.868. The Bertz CT molecular complexity index is 522. The number of nitrogens with zero attached hydrogens (tertiary/aromatic N) is 1. The van der Waals surface area contributed by atoms with Crippen LogP contribution in [0.2, 0.25) is 0 Å². The van der Waals surface area contributed by atoms with Gasteiger partial charge in [-0.1, -0.05) is 0 Å². The highest BCUT2D eigenvalue weighted by molar-refractivity contribution is 9.10. The van der Waals surface area contributed by atoms with Gasteiger partial charge >= 0.3 is 0 Å². The maximum Gasteiger partial charge on any atom is 0.129 e. The minimum Gasteiger partial charge on any atom is -0.496 e. The van der Waals surface area contributed by atoms with Crippen LogP contribution >= 0.6 is 27.3 Å². The number of hydrogen-bond donors (Lipinski definition) is 0. The first kappa shape index (κ1) is 11.6. The Morgan fingerprint density at radius 2 is 1.94 bits per heavy atom. The lowest BCUT2D eigenvalue weighted by atomic mass is 10.1. The SMILES string of the molecule is COc1cc(C)c(C)cc1-c1nc(Br)cs1. The van der Waals surface area contributed by atoms with Crippen molar-refractivity contribution >= 4 is 27.3 Å². The van der Waals surface area contributed by atoms with E-state index in [0.717, 1.165) is 20.9 Å². The van der Waals surface area contributed by atoms with E-state index < -0.39 is 0 Å². The van der Waals surface area contributed by atoms with Crippen LogP contribution in [0.4, 0.5) is 0 Å². The summed E-state index contributed by atoms with van der Waals surface area (Å²) >= 11 is 4.98. The summed E-state index contributed by atoms with van der Waals surface area (Å²) in [4.78, 5) is 4.42. The third-order valence-electron chi connectivity index (χ3n) is 2.52. The van der Waals surface area contributed by atoms with Gasteiger partial charge in [-0.25, -0.2) is 4.98 Å². The van der Waals surface area contributed by atoms with Gasteiger partial charge in [-0.05, 0) is 53.0 Å². The number of aryl methyl sites for hydroxylation is 2. The van der Waals surface area contributed by atoms with E-state index in [1.54, 1.807) is 18.4 Å². The minimum atomic E-state index is 0.868. The van der Waals surface area contributed by atoms with E-state index in [-0.39, 0.29) is 0 Å². The fourth-order valence-corrected chi connectivity index (χ4v) is 2.78. The van der Waals surface area contributed by atoms with Gasteiger partial charge < -0.3 is 4.74 Å². The Morgan fingerprint density at radius 1 is 1.25 bits per heavy atom. The largest absolute Gasteiger partial charge is 0.496 e. The summed E-state index contributed by atoms with van der Waals surface area (Å²) in [6, 6.07) is 4.18. The molecule has 2 nitrogen and oxygen atoms in total. The van der Waals surface area contributed by atoms with Crippen molar-refractivity contribution in [1.82, 2.24) is 4.98 Å². The molecule has 0 spiro atoms. The summed E-state index contributed by atoms with van der Waals surface area (Å²) in [5.41, 5.74) is 3.54. The van der Waals surface area contributed by atoms with Gasteiger partial charge in [-0.2, -0.15) is 0 Å². The molecule has 1 aromatic carbocycles. The number of methoxy groups -OCH3 is 1. The number of rotatable bonds is 2. The molecule has 0 N–H and O–H groups in total. The molecule has 84 valence electrons. The molecule has 0 aliphatic carbocycles. The molecule has 0 atom stereocenters. The van der Waals surface area contributed by atoms with Crippen molar-refractivity contribution in [3.8, 4) is 16.3 Å². The fourth-order valence-electron chi connectivity index (χ4n) is 1.50. The third kappa shape index (κ3) is 2.13. The molecule has 0 amide bonds. The molecule has 1 aromatic heterocycles. The highest BCUT2D eigenvalue weighted by Gasteiger charge is 2.11. The zero-order valence-electron chi connectivity index (χ0n) is 9.37. The Kier molecular flexibility index (Phi) is 3.30. The first-order valence-corrected chi connectivity index (χ1v) is 6.55. The van der Waals surface area contributed by atoms with Crippen LogP contribution < -0.4 is 4.74 Å². The first-order valence-electron chi connectivity index (χ1n) is 4.88. The Morgan fingerprint density at radius 3 is 2.50 bits per heavy atom. The van der Waals surface area contributed by atoms with Crippen LogP contribution in [-0.4, -0.2) is 12.1 Å². The molecule has 2 rings (SSSR count). The van der Waals surface area contributed by atoms with Crippen LogP contribution in [-0.2, 0) is 0 Å². The van der Waals surface area contributed by atoms with Gasteiger partial charge in [0.1, 0.15) is 15.4 Å². The molecule has 0 fully saturated rings. The molecule has 0 aliphatic heterocycles. The fraction of sp³-hybridized carbons (Fsp3) is 0.250. The second-order valence-corrected chi connectivity index (χ2v) is 5.28. The number of hydrogen-bond acceptors (Lipinski definition) is 3. The molecule has 1 heterocycles. The smallest absolute Gasteiger partial charge is 0.129 e. The van der Waals surface area contributed by atoms with Crippen molar-refractivity contribution in [3.63, 3.8) is 0 Å². The van der Waals surface area contributed by atoms with Crippen LogP contribution in [0.1, 0.15) is 11.1 Å². The summed E-state index contributed by atoms with van der Waals surface area (Å²) in [5, 5.41) is 2.95. The van der Waals surface area contributed by atoms with Crippen molar-refractivity contribution in [1.29, 1.82) is 0 Å². The molecule has 0 radical (unpaired) electrons. The van der Waals surface area contributed by atoms with E-state index in [1.807, 2.05) is 5.38 Å². The van der Waals surface area contributed by atoms with Crippen molar-refractivity contribution in [2.24, 2.45) is 0 Å². The molecule has 4 heteroatoms. The zero-order valence-corrected chi connectivity index (χ0v) is 11.8. The summed E-state index contributed by atoms with van der Waals surface area (Å²) in [6.45, 7) is 4.18. The lowest BCUT2D eigenvalue weighted by Gasteiger charge is -2.09. The van der Waals surface area contributed by atoms with E-state index in [9.17, 15) is 0 Å². The van der Waals surface area contributed by atoms with E-state index in [4.69, 9.17) is 4.74 Å². The Labute approximate surface area is 107 Å². The van der Waals surface area contributed by atoms with E-state index in [1.165, 1.54) is 11.1 Å². The number of aromatic nitrogens is 1. The summed E-state index contributed by atoms with van der Waals surface area (Å²) in [5.74, 6) is 0.880. The van der Waals surface area contributed by atoms with Crippen LogP contribution in [0.25, 0.3) is 10.6 Å². The van der Waals surface area contributed by atoms with Gasteiger partial charge in [0.05, 0.1) is 12.7 Å². The van der Waals surface area contributed by atoms with Crippen LogP contribution in [0, 0.1) is 13.8 Å². The second kappa shape index (κ2) is 4.55. The predicted octanol–water partition coefficient (Wildman–Crippen LogP) is 4.20. The van der Waals surface area contributed by atoms with Gasteiger partial charge in [0.25, 0.3) is 0 Å². The van der Waals surface area contributed by atoms with E-state index >= 15 is 0 Å². The molecular weight excluding hydrogens is 286 g/mol. The van der Waals surface area contributed by atoms with Gasteiger partial charge in [0.15, 0.2) is 0 Å².